The third-order valence-corrected chi connectivity index (χ3v) is 5.10. The molecule has 1 atom stereocenters. The number of hydrogen-bond donors (Lipinski definition) is 2. The van der Waals surface area contributed by atoms with Crippen molar-refractivity contribution in [3.05, 3.63) is 24.3 Å². The average Bonchev–Trinajstić information content (AvgIpc) is 2.36. The average molecular weight is 311 g/mol. The highest BCUT2D eigenvalue weighted by Crippen LogP contribution is 2.20. The molecule has 6 heteroatoms. The molecule has 0 saturated carbocycles. The van der Waals surface area contributed by atoms with Crippen molar-refractivity contribution in [3.63, 3.8) is 0 Å². The Kier molecular flexibility index (Phi) is 4.60. The van der Waals surface area contributed by atoms with E-state index < -0.39 is 15.6 Å². The minimum absolute atomic E-state index is 0.310. The third kappa shape index (κ3) is 4.43. The van der Waals surface area contributed by atoms with Gasteiger partial charge in [-0.25, -0.2) is 13.1 Å². The molecule has 1 aromatic carbocycles. The molecule has 1 fully saturated rings. The lowest BCUT2D eigenvalue weighted by molar-refractivity contribution is 0.484. The van der Waals surface area contributed by atoms with Crippen LogP contribution in [-0.4, -0.2) is 39.6 Å². The molecule has 1 aliphatic heterocycles. The number of piperazine rings is 1. The number of sulfonamides is 1. The fourth-order valence-electron chi connectivity index (χ4n) is 2.46. The van der Waals surface area contributed by atoms with Gasteiger partial charge in [-0.3, -0.25) is 0 Å². The molecule has 0 bridgehead atoms. The van der Waals surface area contributed by atoms with Crippen LogP contribution in [0.4, 0.5) is 5.69 Å². The predicted molar refractivity (Wildman–Crippen MR) is 86.2 cm³/mol. The topological polar surface area (TPSA) is 61.4 Å². The van der Waals surface area contributed by atoms with E-state index in [1.54, 1.807) is 12.1 Å². The molecule has 0 spiro atoms. The van der Waals surface area contributed by atoms with E-state index in [9.17, 15) is 8.42 Å². The van der Waals surface area contributed by atoms with E-state index in [0.717, 1.165) is 25.3 Å². The van der Waals surface area contributed by atoms with Crippen LogP contribution in [0.25, 0.3) is 0 Å². The normalized spacial score (nSPS) is 20.6. The summed E-state index contributed by atoms with van der Waals surface area (Å²) in [4.78, 5) is 2.58. The maximum Gasteiger partial charge on any atom is 0.241 e. The van der Waals surface area contributed by atoms with E-state index in [2.05, 4.69) is 21.9 Å². The van der Waals surface area contributed by atoms with Crippen molar-refractivity contribution in [3.8, 4) is 0 Å². The lowest BCUT2D eigenvalue weighted by atomic mass is 10.1. The van der Waals surface area contributed by atoms with Crippen LogP contribution in [0.15, 0.2) is 29.2 Å². The van der Waals surface area contributed by atoms with Gasteiger partial charge in [-0.05, 0) is 52.0 Å². The van der Waals surface area contributed by atoms with Gasteiger partial charge in [-0.1, -0.05) is 0 Å². The van der Waals surface area contributed by atoms with Crippen LogP contribution in [-0.2, 0) is 10.0 Å². The van der Waals surface area contributed by atoms with Crippen LogP contribution in [0.3, 0.4) is 0 Å². The molecular formula is C15H25N3O2S. The summed E-state index contributed by atoms with van der Waals surface area (Å²) < 4.78 is 27.2. The molecule has 0 aromatic heterocycles. The van der Waals surface area contributed by atoms with Crippen LogP contribution >= 0.6 is 0 Å². The molecule has 0 radical (unpaired) electrons. The number of rotatable bonds is 3. The highest BCUT2D eigenvalue weighted by Gasteiger charge is 2.22. The summed E-state index contributed by atoms with van der Waals surface area (Å²) in [6.07, 6.45) is 0. The Balaban J connectivity index is 2.15. The molecule has 1 saturated heterocycles. The van der Waals surface area contributed by atoms with Crippen LogP contribution in [0.2, 0.25) is 0 Å². The van der Waals surface area contributed by atoms with E-state index in [1.165, 1.54) is 0 Å². The van der Waals surface area contributed by atoms with E-state index in [-0.39, 0.29) is 0 Å². The van der Waals surface area contributed by atoms with Crippen molar-refractivity contribution >= 4 is 15.7 Å². The van der Waals surface area contributed by atoms with Gasteiger partial charge < -0.3 is 10.2 Å². The Morgan fingerprint density at radius 3 is 2.38 bits per heavy atom. The van der Waals surface area contributed by atoms with E-state index in [0.29, 0.717) is 10.9 Å². The molecule has 0 aliphatic carbocycles. The number of hydrogen-bond acceptors (Lipinski definition) is 4. The SMILES string of the molecule is C[C@@H]1CN(c2ccc(S(=O)(=O)NC(C)(C)C)cc2)CCN1. The standard InChI is InChI=1S/C15H25N3O2S/c1-12-11-18(10-9-16-12)13-5-7-14(8-6-13)21(19,20)17-15(2,3)4/h5-8,12,16-17H,9-11H2,1-4H3/t12-/m1/s1. The number of anilines is 1. The van der Waals surface area contributed by atoms with Gasteiger partial charge in [0.1, 0.15) is 0 Å². The summed E-state index contributed by atoms with van der Waals surface area (Å²) in [6, 6.07) is 7.57. The second-order valence-corrected chi connectivity index (χ2v) is 8.33. The molecular weight excluding hydrogens is 286 g/mol. The fourth-order valence-corrected chi connectivity index (χ4v) is 3.88. The van der Waals surface area contributed by atoms with Crippen LogP contribution < -0.4 is 14.9 Å². The zero-order valence-electron chi connectivity index (χ0n) is 13.2. The molecule has 0 amide bonds. The number of nitrogens with one attached hydrogen (secondary N) is 2. The second kappa shape index (κ2) is 5.94. The molecule has 1 heterocycles. The second-order valence-electron chi connectivity index (χ2n) is 6.65. The summed E-state index contributed by atoms with van der Waals surface area (Å²) in [5.41, 5.74) is 0.587. The Morgan fingerprint density at radius 1 is 1.24 bits per heavy atom. The van der Waals surface area contributed by atoms with E-state index >= 15 is 0 Å². The van der Waals surface area contributed by atoms with Crippen molar-refractivity contribution < 1.29 is 8.42 Å². The first-order valence-corrected chi connectivity index (χ1v) is 8.78. The molecule has 1 aliphatic rings. The lowest BCUT2D eigenvalue weighted by Gasteiger charge is -2.33. The summed E-state index contributed by atoms with van der Waals surface area (Å²) in [6.45, 7) is 10.5. The highest BCUT2D eigenvalue weighted by atomic mass is 32.2. The van der Waals surface area contributed by atoms with Crippen LogP contribution in [0, 0.1) is 0 Å². The predicted octanol–water partition coefficient (Wildman–Crippen LogP) is 1.56. The fraction of sp³-hybridized carbons (Fsp3) is 0.600. The lowest BCUT2D eigenvalue weighted by Crippen LogP contribution is -2.49. The zero-order valence-corrected chi connectivity index (χ0v) is 14.0. The first kappa shape index (κ1) is 16.3. The van der Waals surface area contributed by atoms with Crippen LogP contribution in [0.1, 0.15) is 27.7 Å². The largest absolute Gasteiger partial charge is 0.369 e. The molecule has 118 valence electrons. The van der Waals surface area contributed by atoms with Crippen molar-refractivity contribution in [1.29, 1.82) is 0 Å². The van der Waals surface area contributed by atoms with Gasteiger partial charge in [0.15, 0.2) is 0 Å². The summed E-state index contributed by atoms with van der Waals surface area (Å²) in [7, 11) is -3.46. The molecule has 2 rings (SSSR count). The first-order valence-electron chi connectivity index (χ1n) is 7.30. The smallest absolute Gasteiger partial charge is 0.241 e. The minimum atomic E-state index is -3.46. The van der Waals surface area contributed by atoms with Gasteiger partial charge in [0, 0.05) is 36.9 Å². The number of benzene rings is 1. The highest BCUT2D eigenvalue weighted by molar-refractivity contribution is 7.89. The summed E-state index contributed by atoms with van der Waals surface area (Å²) in [5, 5.41) is 3.40. The van der Waals surface area contributed by atoms with Gasteiger partial charge in [0.25, 0.3) is 0 Å². The Bertz CT molecular complexity index is 576. The molecule has 0 unspecified atom stereocenters. The summed E-state index contributed by atoms with van der Waals surface area (Å²) >= 11 is 0. The maximum absolute atomic E-state index is 12.3. The van der Waals surface area contributed by atoms with Gasteiger partial charge in [-0.15, -0.1) is 0 Å². The van der Waals surface area contributed by atoms with Gasteiger partial charge >= 0.3 is 0 Å². The Hall–Kier alpha value is -1.11. The van der Waals surface area contributed by atoms with E-state index in [1.807, 2.05) is 32.9 Å². The maximum atomic E-state index is 12.3. The summed E-state index contributed by atoms with van der Waals surface area (Å²) in [5.74, 6) is 0. The zero-order chi connectivity index (χ0) is 15.7. The van der Waals surface area contributed by atoms with Gasteiger partial charge in [0.2, 0.25) is 10.0 Å². The minimum Gasteiger partial charge on any atom is -0.369 e. The molecule has 5 nitrogen and oxygen atoms in total. The molecule has 21 heavy (non-hydrogen) atoms. The van der Waals surface area contributed by atoms with Crippen molar-refractivity contribution in [2.24, 2.45) is 0 Å². The Labute approximate surface area is 127 Å². The number of nitrogens with zero attached hydrogens (tertiary/aromatic N) is 1. The molecule has 1 aromatic rings. The quantitative estimate of drug-likeness (QED) is 0.889. The van der Waals surface area contributed by atoms with Crippen molar-refractivity contribution in [1.82, 2.24) is 10.0 Å². The Morgan fingerprint density at radius 2 is 1.86 bits per heavy atom. The monoisotopic (exact) mass is 311 g/mol. The van der Waals surface area contributed by atoms with E-state index in [4.69, 9.17) is 0 Å². The van der Waals surface area contributed by atoms with Crippen molar-refractivity contribution in [2.45, 2.75) is 44.2 Å². The van der Waals surface area contributed by atoms with Crippen molar-refractivity contribution in [2.75, 3.05) is 24.5 Å². The van der Waals surface area contributed by atoms with Crippen LogP contribution in [0.5, 0.6) is 0 Å². The first-order chi connectivity index (χ1) is 9.67. The van der Waals surface area contributed by atoms with Gasteiger partial charge in [0.05, 0.1) is 4.90 Å². The van der Waals surface area contributed by atoms with Gasteiger partial charge in [-0.2, -0.15) is 0 Å². The molecule has 2 N–H and O–H groups in total. The third-order valence-electron chi connectivity index (χ3n) is 3.32.